The molecular weight excluding hydrogens is 270 g/mol. The third-order valence-electron chi connectivity index (χ3n) is 2.54. The van der Waals surface area contributed by atoms with Crippen LogP contribution in [0, 0.1) is 6.92 Å². The van der Waals surface area contributed by atoms with Gasteiger partial charge in [-0.05, 0) is 18.6 Å². The van der Waals surface area contributed by atoms with Crippen LogP contribution < -0.4 is 10.1 Å². The maximum atomic E-state index is 11.7. The molecule has 1 aromatic rings. The van der Waals surface area contributed by atoms with E-state index in [-0.39, 0.29) is 18.7 Å². The summed E-state index contributed by atoms with van der Waals surface area (Å²) in [6.45, 7) is 1.83. The molecule has 1 aromatic carbocycles. The zero-order chi connectivity index (χ0) is 14.4. The monoisotopic (exact) mass is 285 g/mol. The van der Waals surface area contributed by atoms with Crippen LogP contribution in [0.3, 0.4) is 0 Å². The van der Waals surface area contributed by atoms with E-state index >= 15 is 0 Å². The van der Waals surface area contributed by atoms with Crippen LogP contribution >= 0.6 is 11.6 Å². The first-order valence-corrected chi connectivity index (χ1v) is 6.06. The molecular formula is C13H16ClNO4. The zero-order valence-corrected chi connectivity index (χ0v) is 11.8. The molecule has 0 bridgehead atoms. The highest BCUT2D eigenvalue weighted by Crippen LogP contribution is 2.30. The summed E-state index contributed by atoms with van der Waals surface area (Å²) in [6, 6.07) is 3.35. The summed E-state index contributed by atoms with van der Waals surface area (Å²) in [4.78, 5) is 22.6. The quantitative estimate of drug-likeness (QED) is 0.845. The van der Waals surface area contributed by atoms with Crippen LogP contribution in [0.4, 0.5) is 5.69 Å². The van der Waals surface area contributed by atoms with Crippen molar-refractivity contribution in [3.05, 3.63) is 22.7 Å². The minimum Gasteiger partial charge on any atom is -0.495 e. The van der Waals surface area contributed by atoms with Gasteiger partial charge in [0.2, 0.25) is 5.91 Å². The number of ether oxygens (including phenoxy) is 2. The number of benzene rings is 1. The summed E-state index contributed by atoms with van der Waals surface area (Å²) < 4.78 is 9.61. The van der Waals surface area contributed by atoms with Gasteiger partial charge in [-0.3, -0.25) is 9.59 Å². The molecule has 0 aliphatic carbocycles. The lowest BCUT2D eigenvalue weighted by Gasteiger charge is -2.12. The topological polar surface area (TPSA) is 64.6 Å². The van der Waals surface area contributed by atoms with Gasteiger partial charge in [0.1, 0.15) is 5.75 Å². The summed E-state index contributed by atoms with van der Waals surface area (Å²) >= 11 is 5.97. The zero-order valence-electron chi connectivity index (χ0n) is 11.1. The molecule has 0 aliphatic heterocycles. The Bertz CT molecular complexity index is 488. The second-order valence-corrected chi connectivity index (χ2v) is 4.33. The molecule has 0 saturated carbocycles. The number of nitrogens with one attached hydrogen (secondary N) is 1. The van der Waals surface area contributed by atoms with Gasteiger partial charge in [-0.25, -0.2) is 0 Å². The number of hydrogen-bond donors (Lipinski definition) is 1. The average Bonchev–Trinajstić information content (AvgIpc) is 2.39. The van der Waals surface area contributed by atoms with Crippen LogP contribution in [-0.2, 0) is 14.3 Å². The number of carbonyl (C=O) groups is 2. The second-order valence-electron chi connectivity index (χ2n) is 3.93. The molecule has 104 valence electrons. The van der Waals surface area contributed by atoms with Gasteiger partial charge >= 0.3 is 5.97 Å². The fourth-order valence-corrected chi connectivity index (χ4v) is 1.61. The molecule has 0 atom stereocenters. The van der Waals surface area contributed by atoms with Crippen LogP contribution in [0.2, 0.25) is 5.02 Å². The maximum absolute atomic E-state index is 11.7. The summed E-state index contributed by atoms with van der Waals surface area (Å²) in [5, 5.41) is 3.24. The van der Waals surface area contributed by atoms with E-state index in [0.717, 1.165) is 5.56 Å². The Labute approximate surface area is 116 Å². The summed E-state index contributed by atoms with van der Waals surface area (Å²) in [7, 11) is 2.77. The Morgan fingerprint density at radius 2 is 1.95 bits per heavy atom. The Hall–Kier alpha value is -1.75. The number of halogens is 1. The van der Waals surface area contributed by atoms with E-state index in [1.807, 2.05) is 6.92 Å². The van der Waals surface area contributed by atoms with Crippen molar-refractivity contribution in [3.8, 4) is 5.75 Å². The molecule has 5 nitrogen and oxygen atoms in total. The van der Waals surface area contributed by atoms with Crippen molar-refractivity contribution >= 4 is 29.2 Å². The SMILES string of the molecule is COC(=O)CCC(=O)Nc1cc(C)c(Cl)cc1OC. The molecule has 0 heterocycles. The first-order chi connectivity index (χ1) is 8.97. The lowest BCUT2D eigenvalue weighted by molar-refractivity contribution is -0.141. The highest BCUT2D eigenvalue weighted by atomic mass is 35.5. The van der Waals surface area contributed by atoms with Gasteiger partial charge in [0, 0.05) is 17.5 Å². The van der Waals surface area contributed by atoms with Crippen molar-refractivity contribution in [2.45, 2.75) is 19.8 Å². The predicted molar refractivity (Wildman–Crippen MR) is 72.6 cm³/mol. The van der Waals surface area contributed by atoms with Crippen LogP contribution in [0.25, 0.3) is 0 Å². The molecule has 0 saturated heterocycles. The molecule has 1 amide bonds. The summed E-state index contributed by atoms with van der Waals surface area (Å²) in [5.74, 6) is -0.234. The third-order valence-corrected chi connectivity index (χ3v) is 2.95. The highest BCUT2D eigenvalue weighted by Gasteiger charge is 2.11. The second kappa shape index (κ2) is 6.99. The molecule has 6 heteroatoms. The van der Waals surface area contributed by atoms with Crippen molar-refractivity contribution in [2.75, 3.05) is 19.5 Å². The number of methoxy groups -OCH3 is 2. The number of esters is 1. The van der Waals surface area contributed by atoms with Crippen LogP contribution in [0.15, 0.2) is 12.1 Å². The van der Waals surface area contributed by atoms with Crippen LogP contribution in [0.5, 0.6) is 5.75 Å². The van der Waals surface area contributed by atoms with E-state index < -0.39 is 5.97 Å². The van der Waals surface area contributed by atoms with Crippen LogP contribution in [-0.4, -0.2) is 26.1 Å². The summed E-state index contributed by atoms with van der Waals surface area (Å²) in [5.41, 5.74) is 1.35. The third kappa shape index (κ3) is 4.44. The number of anilines is 1. The van der Waals surface area contributed by atoms with Gasteiger partial charge in [0.15, 0.2) is 0 Å². The van der Waals surface area contributed by atoms with Gasteiger partial charge in [-0.15, -0.1) is 0 Å². The molecule has 1 N–H and O–H groups in total. The lowest BCUT2D eigenvalue weighted by atomic mass is 10.2. The van der Waals surface area contributed by atoms with Crippen molar-refractivity contribution in [3.63, 3.8) is 0 Å². The van der Waals surface area contributed by atoms with E-state index in [1.165, 1.54) is 14.2 Å². The Balaban J connectivity index is 2.73. The number of carbonyl (C=O) groups excluding carboxylic acids is 2. The highest BCUT2D eigenvalue weighted by molar-refractivity contribution is 6.31. The molecule has 1 rings (SSSR count). The average molecular weight is 286 g/mol. The molecule has 0 unspecified atom stereocenters. The molecule has 0 fully saturated rings. The van der Waals surface area contributed by atoms with Gasteiger partial charge in [-0.2, -0.15) is 0 Å². The minimum absolute atomic E-state index is 0.0389. The van der Waals surface area contributed by atoms with Crippen LogP contribution in [0.1, 0.15) is 18.4 Å². The molecule has 0 aromatic heterocycles. The molecule has 0 spiro atoms. The van der Waals surface area contributed by atoms with Gasteiger partial charge in [-0.1, -0.05) is 11.6 Å². The number of rotatable bonds is 5. The first-order valence-electron chi connectivity index (χ1n) is 5.68. The van der Waals surface area contributed by atoms with Gasteiger partial charge < -0.3 is 14.8 Å². The number of amides is 1. The Kier molecular flexibility index (Phi) is 5.63. The smallest absolute Gasteiger partial charge is 0.306 e. The first kappa shape index (κ1) is 15.3. The van der Waals surface area contributed by atoms with Crippen molar-refractivity contribution in [2.24, 2.45) is 0 Å². The minimum atomic E-state index is -0.422. The van der Waals surface area contributed by atoms with Crippen molar-refractivity contribution < 1.29 is 19.1 Å². The number of hydrogen-bond acceptors (Lipinski definition) is 4. The summed E-state index contributed by atoms with van der Waals surface area (Å²) in [6.07, 6.45) is 0.0920. The fraction of sp³-hybridized carbons (Fsp3) is 0.385. The molecule has 19 heavy (non-hydrogen) atoms. The Morgan fingerprint density at radius 3 is 2.53 bits per heavy atom. The molecule has 0 radical (unpaired) electrons. The van der Waals surface area contributed by atoms with Gasteiger partial charge in [0.25, 0.3) is 0 Å². The van der Waals surface area contributed by atoms with Gasteiger partial charge in [0.05, 0.1) is 26.3 Å². The van der Waals surface area contributed by atoms with Crippen molar-refractivity contribution in [1.29, 1.82) is 0 Å². The van der Waals surface area contributed by atoms with E-state index in [0.29, 0.717) is 16.5 Å². The van der Waals surface area contributed by atoms with E-state index in [4.69, 9.17) is 16.3 Å². The number of aryl methyl sites for hydroxylation is 1. The fourth-order valence-electron chi connectivity index (χ4n) is 1.46. The molecule has 0 aliphatic rings. The van der Waals surface area contributed by atoms with E-state index in [2.05, 4.69) is 10.1 Å². The Morgan fingerprint density at radius 1 is 1.26 bits per heavy atom. The standard InChI is InChI=1S/C13H16ClNO4/c1-8-6-10(11(18-2)7-9(8)14)15-12(16)4-5-13(17)19-3/h6-7H,4-5H2,1-3H3,(H,15,16). The largest absolute Gasteiger partial charge is 0.495 e. The van der Waals surface area contributed by atoms with E-state index in [9.17, 15) is 9.59 Å². The normalized spacial score (nSPS) is 9.89. The van der Waals surface area contributed by atoms with E-state index in [1.54, 1.807) is 12.1 Å². The maximum Gasteiger partial charge on any atom is 0.306 e. The lowest BCUT2D eigenvalue weighted by Crippen LogP contribution is -2.14. The predicted octanol–water partition coefficient (Wildman–Crippen LogP) is 2.55. The van der Waals surface area contributed by atoms with Crippen molar-refractivity contribution in [1.82, 2.24) is 0 Å².